The second-order valence-electron chi connectivity index (χ2n) is 8.67. The number of nitrogens with zero attached hydrogens (tertiary/aromatic N) is 5. The largest absolute Gasteiger partial charge is 0.367 e. The standard InChI is InChI=1S/C21H30N6O/c1-25-7-3-6-16(25)12-19(28)26-8-10-27(11-9-26)20-17(15-4-2-5-15)13-22-21-18(20)14-23-24-21/h13-16H,2-12H2,1H3,(H,22,23,24)/t16-/m0/s1. The highest BCUT2D eigenvalue weighted by Crippen LogP contribution is 2.43. The van der Waals surface area contributed by atoms with Gasteiger partial charge in [0.15, 0.2) is 5.65 Å². The van der Waals surface area contributed by atoms with Gasteiger partial charge in [0.1, 0.15) is 0 Å². The zero-order chi connectivity index (χ0) is 19.1. The first-order chi connectivity index (χ1) is 13.7. The summed E-state index contributed by atoms with van der Waals surface area (Å²) in [5.74, 6) is 0.945. The fourth-order valence-corrected chi connectivity index (χ4v) is 5.02. The molecule has 0 spiro atoms. The molecule has 4 heterocycles. The van der Waals surface area contributed by atoms with Crippen LogP contribution in [0, 0.1) is 0 Å². The summed E-state index contributed by atoms with van der Waals surface area (Å²) >= 11 is 0. The van der Waals surface area contributed by atoms with Crippen LogP contribution in [-0.4, -0.2) is 76.7 Å². The molecule has 1 saturated carbocycles. The number of carbonyl (C=O) groups excluding carboxylic acids is 1. The van der Waals surface area contributed by atoms with Gasteiger partial charge in [0.05, 0.1) is 17.3 Å². The van der Waals surface area contributed by atoms with E-state index >= 15 is 0 Å². The molecule has 0 bridgehead atoms. The molecule has 7 nitrogen and oxygen atoms in total. The van der Waals surface area contributed by atoms with Gasteiger partial charge >= 0.3 is 0 Å². The van der Waals surface area contributed by atoms with Crippen molar-refractivity contribution in [2.75, 3.05) is 44.7 Å². The number of rotatable bonds is 4. The summed E-state index contributed by atoms with van der Waals surface area (Å²) in [7, 11) is 2.14. The lowest BCUT2D eigenvalue weighted by Crippen LogP contribution is -2.50. The molecular weight excluding hydrogens is 352 g/mol. The van der Waals surface area contributed by atoms with Gasteiger partial charge in [-0.1, -0.05) is 6.42 Å². The first kappa shape index (κ1) is 17.9. The molecule has 0 radical (unpaired) electrons. The molecule has 3 fully saturated rings. The molecule has 5 rings (SSSR count). The zero-order valence-corrected chi connectivity index (χ0v) is 16.7. The minimum atomic E-state index is 0.320. The van der Waals surface area contributed by atoms with Crippen LogP contribution in [0.2, 0.25) is 0 Å². The Labute approximate surface area is 166 Å². The molecule has 7 heteroatoms. The van der Waals surface area contributed by atoms with Gasteiger partial charge in [0.25, 0.3) is 0 Å². The maximum atomic E-state index is 12.8. The quantitative estimate of drug-likeness (QED) is 0.879. The summed E-state index contributed by atoms with van der Waals surface area (Å²) < 4.78 is 0. The number of hydrogen-bond donors (Lipinski definition) is 1. The van der Waals surface area contributed by atoms with E-state index in [1.807, 2.05) is 12.4 Å². The Hall–Kier alpha value is -2.15. The van der Waals surface area contributed by atoms with Crippen LogP contribution >= 0.6 is 0 Å². The van der Waals surface area contributed by atoms with Gasteiger partial charge < -0.3 is 14.7 Å². The summed E-state index contributed by atoms with van der Waals surface area (Å²) in [6.45, 7) is 4.51. The predicted octanol–water partition coefficient (Wildman–Crippen LogP) is 2.36. The van der Waals surface area contributed by atoms with E-state index in [9.17, 15) is 4.79 Å². The van der Waals surface area contributed by atoms with Crippen molar-refractivity contribution in [1.82, 2.24) is 25.0 Å². The Bertz CT molecular complexity index is 852. The number of amides is 1. The van der Waals surface area contributed by atoms with Gasteiger partial charge in [-0.05, 0) is 50.8 Å². The van der Waals surface area contributed by atoms with Crippen LogP contribution in [0.3, 0.4) is 0 Å². The summed E-state index contributed by atoms with van der Waals surface area (Å²) in [6, 6.07) is 0.432. The summed E-state index contributed by atoms with van der Waals surface area (Å²) in [4.78, 5) is 24.3. The molecule has 2 aliphatic heterocycles. The first-order valence-corrected chi connectivity index (χ1v) is 10.8. The number of hydrogen-bond acceptors (Lipinski definition) is 5. The van der Waals surface area contributed by atoms with Crippen molar-refractivity contribution in [3.05, 3.63) is 18.0 Å². The highest BCUT2D eigenvalue weighted by molar-refractivity contribution is 5.91. The lowest BCUT2D eigenvalue weighted by atomic mass is 9.79. The number of fused-ring (bicyclic) bond motifs is 1. The van der Waals surface area contributed by atoms with Crippen LogP contribution in [0.15, 0.2) is 12.4 Å². The molecule has 2 aromatic heterocycles. The third-order valence-electron chi connectivity index (χ3n) is 7.06. The van der Waals surface area contributed by atoms with Crippen LogP contribution < -0.4 is 4.90 Å². The van der Waals surface area contributed by atoms with Crippen LogP contribution in [0.4, 0.5) is 5.69 Å². The van der Waals surface area contributed by atoms with Crippen molar-refractivity contribution in [3.63, 3.8) is 0 Å². The summed E-state index contributed by atoms with van der Waals surface area (Å²) in [5.41, 5.74) is 3.53. The Morgan fingerprint density at radius 3 is 2.61 bits per heavy atom. The number of aromatic nitrogens is 3. The lowest BCUT2D eigenvalue weighted by Gasteiger charge is -2.39. The Morgan fingerprint density at radius 1 is 1.11 bits per heavy atom. The second-order valence-corrected chi connectivity index (χ2v) is 8.67. The van der Waals surface area contributed by atoms with Crippen molar-refractivity contribution in [3.8, 4) is 0 Å². The third-order valence-corrected chi connectivity index (χ3v) is 7.06. The van der Waals surface area contributed by atoms with Crippen LogP contribution in [0.1, 0.15) is 50.0 Å². The molecule has 28 heavy (non-hydrogen) atoms. The van der Waals surface area contributed by atoms with Gasteiger partial charge in [0.2, 0.25) is 5.91 Å². The third kappa shape index (κ3) is 3.15. The van der Waals surface area contributed by atoms with E-state index in [4.69, 9.17) is 0 Å². The monoisotopic (exact) mass is 382 g/mol. The number of likely N-dealkylation sites (tertiary alicyclic amines) is 1. The molecular formula is C21H30N6O. The smallest absolute Gasteiger partial charge is 0.224 e. The molecule has 2 saturated heterocycles. The average molecular weight is 383 g/mol. The molecule has 1 aliphatic carbocycles. The van der Waals surface area contributed by atoms with Crippen molar-refractivity contribution in [2.24, 2.45) is 0 Å². The van der Waals surface area contributed by atoms with Gasteiger partial charge in [-0.3, -0.25) is 9.89 Å². The van der Waals surface area contributed by atoms with Crippen LogP contribution in [0.5, 0.6) is 0 Å². The van der Waals surface area contributed by atoms with E-state index < -0.39 is 0 Å². The zero-order valence-electron chi connectivity index (χ0n) is 16.7. The number of nitrogens with one attached hydrogen (secondary N) is 1. The molecule has 150 valence electrons. The highest BCUT2D eigenvalue weighted by atomic mass is 16.2. The fourth-order valence-electron chi connectivity index (χ4n) is 5.02. The molecule has 2 aromatic rings. The van der Waals surface area contributed by atoms with E-state index in [0.29, 0.717) is 24.3 Å². The Kier molecular flexibility index (Phi) is 4.70. The predicted molar refractivity (Wildman–Crippen MR) is 110 cm³/mol. The summed E-state index contributed by atoms with van der Waals surface area (Å²) in [6.07, 6.45) is 10.8. The Morgan fingerprint density at radius 2 is 1.93 bits per heavy atom. The van der Waals surface area contributed by atoms with Crippen molar-refractivity contribution < 1.29 is 4.79 Å². The maximum Gasteiger partial charge on any atom is 0.224 e. The SMILES string of the molecule is CN1CCC[C@H]1CC(=O)N1CCN(c2c(C3CCC3)cnc3[nH]ncc23)CC1. The summed E-state index contributed by atoms with van der Waals surface area (Å²) in [5, 5.41) is 8.36. The number of piperazine rings is 1. The second kappa shape index (κ2) is 7.35. The van der Waals surface area contributed by atoms with E-state index in [1.165, 1.54) is 36.9 Å². The van der Waals surface area contributed by atoms with Gasteiger partial charge in [0, 0.05) is 44.8 Å². The topological polar surface area (TPSA) is 68.4 Å². The molecule has 0 aromatic carbocycles. The van der Waals surface area contributed by atoms with Crippen LogP contribution in [0.25, 0.3) is 11.0 Å². The fraction of sp³-hybridized carbons (Fsp3) is 0.667. The van der Waals surface area contributed by atoms with Crippen molar-refractivity contribution in [2.45, 2.75) is 50.5 Å². The first-order valence-electron chi connectivity index (χ1n) is 10.8. The molecule has 1 atom stereocenters. The number of H-pyrrole nitrogens is 1. The molecule has 1 N–H and O–H groups in total. The van der Waals surface area contributed by atoms with Crippen molar-refractivity contribution in [1.29, 1.82) is 0 Å². The maximum absolute atomic E-state index is 12.8. The normalized spacial score (nSPS) is 24.1. The minimum absolute atomic E-state index is 0.320. The van der Waals surface area contributed by atoms with Crippen LogP contribution in [-0.2, 0) is 4.79 Å². The number of anilines is 1. The lowest BCUT2D eigenvalue weighted by molar-refractivity contribution is -0.132. The highest BCUT2D eigenvalue weighted by Gasteiger charge is 2.31. The van der Waals surface area contributed by atoms with Crippen molar-refractivity contribution >= 4 is 22.6 Å². The molecule has 0 unspecified atom stereocenters. The Balaban J connectivity index is 1.30. The minimum Gasteiger partial charge on any atom is -0.367 e. The molecule has 1 amide bonds. The van der Waals surface area contributed by atoms with Gasteiger partial charge in [-0.25, -0.2) is 4.98 Å². The van der Waals surface area contributed by atoms with Gasteiger partial charge in [-0.15, -0.1) is 0 Å². The molecule has 3 aliphatic rings. The number of aromatic amines is 1. The average Bonchev–Trinajstić information content (AvgIpc) is 3.29. The number of carbonyl (C=O) groups is 1. The number of pyridine rings is 1. The van der Waals surface area contributed by atoms with Gasteiger partial charge in [-0.2, -0.15) is 5.10 Å². The van der Waals surface area contributed by atoms with E-state index in [-0.39, 0.29) is 0 Å². The van der Waals surface area contributed by atoms with E-state index in [2.05, 4.69) is 36.9 Å². The van der Waals surface area contributed by atoms with E-state index in [1.54, 1.807) is 0 Å². The van der Waals surface area contributed by atoms with E-state index in [0.717, 1.165) is 50.2 Å².